The van der Waals surface area contributed by atoms with Crippen LogP contribution in [0.2, 0.25) is 0 Å². The van der Waals surface area contributed by atoms with Crippen LogP contribution in [-0.4, -0.2) is 0 Å². The molecule has 0 amide bonds. The van der Waals surface area contributed by atoms with E-state index in [0.717, 1.165) is 18.5 Å². The van der Waals surface area contributed by atoms with E-state index in [1.807, 2.05) is 0 Å². The maximum atomic E-state index is 2.34. The van der Waals surface area contributed by atoms with E-state index >= 15 is 0 Å². The SMILES string of the molecule is C/C=C\C/C=C\C(C)c1ccc(N(C2=CCC=C(c3ccccc3)C=C2)c2ccccc2)cc1. The summed E-state index contributed by atoms with van der Waals surface area (Å²) < 4.78 is 0. The number of hydrogen-bond acceptors (Lipinski definition) is 1. The molecule has 1 nitrogen and oxygen atoms in total. The highest BCUT2D eigenvalue weighted by atomic mass is 15.1. The van der Waals surface area contributed by atoms with Crippen molar-refractivity contribution in [3.05, 3.63) is 150 Å². The lowest BCUT2D eigenvalue weighted by molar-refractivity contribution is 0.960. The second-order valence-electron chi connectivity index (χ2n) is 8.51. The van der Waals surface area contributed by atoms with Crippen molar-refractivity contribution in [2.24, 2.45) is 0 Å². The molecule has 170 valence electrons. The lowest BCUT2D eigenvalue weighted by atomic mass is 9.99. The summed E-state index contributed by atoms with van der Waals surface area (Å²) in [6.07, 6.45) is 19.8. The molecule has 3 aromatic rings. The zero-order valence-corrected chi connectivity index (χ0v) is 20.1. The summed E-state index contributed by atoms with van der Waals surface area (Å²) in [5.41, 5.74) is 7.34. The van der Waals surface area contributed by atoms with Gasteiger partial charge in [0.25, 0.3) is 0 Å². The molecule has 0 aromatic heterocycles. The molecule has 0 saturated heterocycles. The van der Waals surface area contributed by atoms with E-state index in [0.29, 0.717) is 5.92 Å². The van der Waals surface area contributed by atoms with Crippen molar-refractivity contribution < 1.29 is 0 Å². The summed E-state index contributed by atoms with van der Waals surface area (Å²) in [6, 6.07) is 30.2. The average Bonchev–Trinajstić information content (AvgIpc) is 3.14. The number of anilines is 2. The highest BCUT2D eigenvalue weighted by Crippen LogP contribution is 2.33. The topological polar surface area (TPSA) is 3.24 Å². The van der Waals surface area contributed by atoms with Crippen molar-refractivity contribution in [1.82, 2.24) is 0 Å². The van der Waals surface area contributed by atoms with Gasteiger partial charge in [0.15, 0.2) is 0 Å². The van der Waals surface area contributed by atoms with Gasteiger partial charge in [-0.3, -0.25) is 0 Å². The van der Waals surface area contributed by atoms with E-state index in [-0.39, 0.29) is 0 Å². The third kappa shape index (κ3) is 5.94. The molecule has 1 atom stereocenters. The molecular formula is C33H33N. The molecule has 1 aliphatic carbocycles. The largest absolute Gasteiger partial charge is 0.311 e. The minimum atomic E-state index is 0.388. The molecule has 1 heteroatoms. The molecule has 4 rings (SSSR count). The van der Waals surface area contributed by atoms with Crippen LogP contribution in [0.5, 0.6) is 0 Å². The van der Waals surface area contributed by atoms with Gasteiger partial charge in [-0.05, 0) is 72.7 Å². The summed E-state index contributed by atoms with van der Waals surface area (Å²) in [7, 11) is 0. The van der Waals surface area contributed by atoms with Crippen LogP contribution >= 0.6 is 0 Å². The van der Waals surface area contributed by atoms with E-state index in [9.17, 15) is 0 Å². The zero-order chi connectivity index (χ0) is 23.6. The lowest BCUT2D eigenvalue weighted by Crippen LogP contribution is -2.15. The van der Waals surface area contributed by atoms with Crippen LogP contribution in [0.25, 0.3) is 5.57 Å². The van der Waals surface area contributed by atoms with Crippen LogP contribution in [0, 0.1) is 0 Å². The Balaban J connectivity index is 1.61. The molecule has 34 heavy (non-hydrogen) atoms. The van der Waals surface area contributed by atoms with Gasteiger partial charge in [0.05, 0.1) is 0 Å². The van der Waals surface area contributed by atoms with E-state index in [4.69, 9.17) is 0 Å². The number of para-hydroxylation sites is 1. The number of nitrogens with zero attached hydrogens (tertiary/aromatic N) is 1. The number of hydrogen-bond donors (Lipinski definition) is 0. The van der Waals surface area contributed by atoms with Crippen LogP contribution < -0.4 is 4.90 Å². The fourth-order valence-electron chi connectivity index (χ4n) is 4.19. The summed E-state index contributed by atoms with van der Waals surface area (Å²) in [5, 5.41) is 0. The van der Waals surface area contributed by atoms with Gasteiger partial charge in [0, 0.05) is 17.1 Å². The molecule has 0 bridgehead atoms. The zero-order valence-electron chi connectivity index (χ0n) is 20.1. The second-order valence-corrected chi connectivity index (χ2v) is 8.51. The van der Waals surface area contributed by atoms with Crippen molar-refractivity contribution in [1.29, 1.82) is 0 Å². The molecule has 0 fully saturated rings. The fourth-order valence-corrected chi connectivity index (χ4v) is 4.19. The maximum Gasteiger partial charge on any atom is 0.0461 e. The molecular weight excluding hydrogens is 410 g/mol. The van der Waals surface area contributed by atoms with Gasteiger partial charge >= 0.3 is 0 Å². The predicted molar refractivity (Wildman–Crippen MR) is 148 cm³/mol. The van der Waals surface area contributed by atoms with Gasteiger partial charge in [-0.15, -0.1) is 0 Å². The van der Waals surface area contributed by atoms with Crippen molar-refractivity contribution in [2.75, 3.05) is 4.90 Å². The normalized spacial score (nSPS) is 14.6. The lowest BCUT2D eigenvalue weighted by Gasteiger charge is -2.26. The standard InChI is InChI=1S/C33H33N/c1-3-4-5-8-14-27(2)28-21-24-33(25-22-28)34(31-18-11-7-12-19-31)32-20-13-17-30(23-26-32)29-15-9-6-10-16-29/h3-4,6-12,14-27H,5,13H2,1-2H3/b4-3-,14-8-. The number of benzene rings is 3. The number of rotatable bonds is 8. The Hall–Kier alpha value is -3.84. The summed E-state index contributed by atoms with van der Waals surface area (Å²) in [4.78, 5) is 2.34. The Kier molecular flexibility index (Phi) is 8.13. The van der Waals surface area contributed by atoms with E-state index in [1.165, 1.54) is 28.1 Å². The Morgan fingerprint density at radius 3 is 2.15 bits per heavy atom. The number of allylic oxidation sites excluding steroid dienone is 9. The Morgan fingerprint density at radius 2 is 1.44 bits per heavy atom. The summed E-state index contributed by atoms with van der Waals surface area (Å²) in [5.74, 6) is 0.388. The third-order valence-corrected chi connectivity index (χ3v) is 6.09. The van der Waals surface area contributed by atoms with Gasteiger partial charge in [0.2, 0.25) is 0 Å². The van der Waals surface area contributed by atoms with Crippen molar-refractivity contribution >= 4 is 16.9 Å². The van der Waals surface area contributed by atoms with Gasteiger partial charge in [-0.2, -0.15) is 0 Å². The highest BCUT2D eigenvalue weighted by Gasteiger charge is 2.14. The fraction of sp³-hybridized carbons (Fsp3) is 0.152. The first-order chi connectivity index (χ1) is 16.8. The minimum absolute atomic E-state index is 0.388. The first kappa shape index (κ1) is 23.3. The molecule has 0 N–H and O–H groups in total. The molecule has 3 aromatic carbocycles. The Bertz CT molecular complexity index is 1190. The third-order valence-electron chi connectivity index (χ3n) is 6.09. The monoisotopic (exact) mass is 443 g/mol. The van der Waals surface area contributed by atoms with Crippen LogP contribution in [0.3, 0.4) is 0 Å². The highest BCUT2D eigenvalue weighted by molar-refractivity contribution is 5.77. The minimum Gasteiger partial charge on any atom is -0.311 e. The molecule has 0 spiro atoms. The van der Waals surface area contributed by atoms with Gasteiger partial charge in [0.1, 0.15) is 0 Å². The van der Waals surface area contributed by atoms with E-state index < -0.39 is 0 Å². The molecule has 1 aliphatic rings. The molecule has 0 radical (unpaired) electrons. The van der Waals surface area contributed by atoms with Crippen molar-refractivity contribution in [3.63, 3.8) is 0 Å². The van der Waals surface area contributed by atoms with Crippen LogP contribution in [-0.2, 0) is 0 Å². The first-order valence-corrected chi connectivity index (χ1v) is 12.1. The first-order valence-electron chi connectivity index (χ1n) is 12.1. The predicted octanol–water partition coefficient (Wildman–Crippen LogP) is 9.38. The van der Waals surface area contributed by atoms with Crippen LogP contribution in [0.4, 0.5) is 11.4 Å². The van der Waals surface area contributed by atoms with Crippen LogP contribution in [0.1, 0.15) is 43.7 Å². The van der Waals surface area contributed by atoms with E-state index in [2.05, 4.69) is 152 Å². The molecule has 0 saturated carbocycles. The van der Waals surface area contributed by atoms with Gasteiger partial charge in [-0.1, -0.05) is 110 Å². The van der Waals surface area contributed by atoms with Gasteiger partial charge < -0.3 is 4.90 Å². The van der Waals surface area contributed by atoms with Crippen molar-refractivity contribution in [3.8, 4) is 0 Å². The van der Waals surface area contributed by atoms with E-state index in [1.54, 1.807) is 0 Å². The molecule has 1 unspecified atom stereocenters. The second kappa shape index (κ2) is 11.9. The Labute approximate surface area is 204 Å². The van der Waals surface area contributed by atoms with Crippen molar-refractivity contribution in [2.45, 2.75) is 32.6 Å². The Morgan fingerprint density at radius 1 is 0.765 bits per heavy atom. The summed E-state index contributed by atoms with van der Waals surface area (Å²) in [6.45, 7) is 4.31. The summed E-state index contributed by atoms with van der Waals surface area (Å²) >= 11 is 0. The average molecular weight is 444 g/mol. The van der Waals surface area contributed by atoms with Crippen LogP contribution in [0.15, 0.2) is 139 Å². The quantitative estimate of drug-likeness (QED) is 0.313. The molecule has 0 aliphatic heterocycles. The smallest absolute Gasteiger partial charge is 0.0461 e. The maximum absolute atomic E-state index is 2.34. The molecule has 0 heterocycles. The van der Waals surface area contributed by atoms with Gasteiger partial charge in [-0.25, -0.2) is 0 Å².